The Morgan fingerprint density at radius 2 is 1.72 bits per heavy atom. The molecule has 2 fully saturated rings. The third-order valence-electron chi connectivity index (χ3n) is 4.06. The number of amides is 1. The maximum absolute atomic E-state index is 13.0. The summed E-state index contributed by atoms with van der Waals surface area (Å²) in [5.41, 5.74) is 0. The van der Waals surface area contributed by atoms with Crippen molar-refractivity contribution < 1.29 is 13.6 Å². The van der Waals surface area contributed by atoms with E-state index in [-0.39, 0.29) is 30.6 Å². The fourth-order valence-corrected chi connectivity index (χ4v) is 2.77. The minimum absolute atomic E-state index is 0.0156. The molecule has 0 unspecified atom stereocenters. The van der Waals surface area contributed by atoms with Crippen molar-refractivity contribution in [3.8, 4) is 6.07 Å². The van der Waals surface area contributed by atoms with E-state index in [1.54, 1.807) is 4.90 Å². The summed E-state index contributed by atoms with van der Waals surface area (Å²) in [6.45, 7) is 1.20. The van der Waals surface area contributed by atoms with Gasteiger partial charge in [0.15, 0.2) is 0 Å². The molecular weight excluding hydrogens is 238 g/mol. The van der Waals surface area contributed by atoms with Gasteiger partial charge in [-0.15, -0.1) is 0 Å². The molecule has 0 spiro atoms. The van der Waals surface area contributed by atoms with E-state index in [0.29, 0.717) is 38.8 Å². The molecule has 0 radical (unpaired) electrons. The van der Waals surface area contributed by atoms with Gasteiger partial charge in [0.1, 0.15) is 0 Å². The molecule has 3 nitrogen and oxygen atoms in total. The largest absolute Gasteiger partial charge is 0.342 e. The molecule has 1 amide bonds. The van der Waals surface area contributed by atoms with Crippen molar-refractivity contribution in [3.63, 3.8) is 0 Å². The number of halogens is 2. The first kappa shape index (κ1) is 13.3. The summed E-state index contributed by atoms with van der Waals surface area (Å²) in [6.07, 6.45) is 1.68. The molecular formula is C13H18F2N2O. The molecule has 18 heavy (non-hydrogen) atoms. The smallest absolute Gasteiger partial charge is 0.248 e. The van der Waals surface area contributed by atoms with Crippen molar-refractivity contribution >= 4 is 5.91 Å². The standard InChI is InChI=1S/C13H18F2N2O/c14-13(15)5-1-11(2-6-13)12(18)17-7-3-10(9-16)4-8-17/h10-11H,1-8H2. The zero-order chi connectivity index (χ0) is 13.2. The minimum atomic E-state index is -2.58. The van der Waals surface area contributed by atoms with Gasteiger partial charge in [-0.25, -0.2) is 8.78 Å². The van der Waals surface area contributed by atoms with Crippen LogP contribution in [0.3, 0.4) is 0 Å². The number of rotatable bonds is 1. The molecule has 1 aliphatic carbocycles. The zero-order valence-corrected chi connectivity index (χ0v) is 10.4. The molecule has 0 aromatic carbocycles. The van der Waals surface area contributed by atoms with E-state index < -0.39 is 5.92 Å². The first-order valence-electron chi connectivity index (χ1n) is 6.58. The number of likely N-dealkylation sites (tertiary alicyclic amines) is 1. The highest BCUT2D eigenvalue weighted by molar-refractivity contribution is 5.79. The summed E-state index contributed by atoms with van der Waals surface area (Å²) < 4.78 is 26.0. The number of piperidine rings is 1. The van der Waals surface area contributed by atoms with E-state index in [2.05, 4.69) is 6.07 Å². The number of nitriles is 1. The van der Waals surface area contributed by atoms with Gasteiger partial charge in [0.05, 0.1) is 6.07 Å². The van der Waals surface area contributed by atoms with E-state index in [0.717, 1.165) is 0 Å². The Bertz CT molecular complexity index is 346. The van der Waals surface area contributed by atoms with Crippen LogP contribution < -0.4 is 0 Å². The van der Waals surface area contributed by atoms with Gasteiger partial charge >= 0.3 is 0 Å². The second-order valence-corrected chi connectivity index (χ2v) is 5.36. The van der Waals surface area contributed by atoms with Crippen molar-refractivity contribution in [2.45, 2.75) is 44.4 Å². The number of hydrogen-bond donors (Lipinski definition) is 0. The molecule has 2 rings (SSSR count). The highest BCUT2D eigenvalue weighted by Crippen LogP contribution is 2.37. The molecule has 0 aromatic heterocycles. The predicted molar refractivity (Wildman–Crippen MR) is 61.8 cm³/mol. The lowest BCUT2D eigenvalue weighted by Gasteiger charge is -2.34. The average Bonchev–Trinajstić information content (AvgIpc) is 2.38. The van der Waals surface area contributed by atoms with Crippen LogP contribution in [-0.4, -0.2) is 29.8 Å². The lowest BCUT2D eigenvalue weighted by Crippen LogP contribution is -2.43. The number of hydrogen-bond acceptors (Lipinski definition) is 2. The summed E-state index contributed by atoms with van der Waals surface area (Å²) >= 11 is 0. The minimum Gasteiger partial charge on any atom is -0.342 e. The van der Waals surface area contributed by atoms with Gasteiger partial charge in [0.2, 0.25) is 11.8 Å². The summed E-state index contributed by atoms with van der Waals surface area (Å²) in [7, 11) is 0. The number of carbonyl (C=O) groups is 1. The van der Waals surface area contributed by atoms with Gasteiger partial charge in [0.25, 0.3) is 0 Å². The van der Waals surface area contributed by atoms with Crippen LogP contribution in [-0.2, 0) is 4.79 Å². The SMILES string of the molecule is N#CC1CCN(C(=O)C2CCC(F)(F)CC2)CC1. The molecule has 1 aliphatic heterocycles. The highest BCUT2D eigenvalue weighted by Gasteiger charge is 2.39. The van der Waals surface area contributed by atoms with E-state index in [1.807, 2.05) is 0 Å². The third kappa shape index (κ3) is 2.98. The average molecular weight is 256 g/mol. The Balaban J connectivity index is 1.84. The molecule has 0 atom stereocenters. The Hall–Kier alpha value is -1.18. The van der Waals surface area contributed by atoms with E-state index in [1.165, 1.54) is 0 Å². The van der Waals surface area contributed by atoms with Crippen LogP contribution in [0.5, 0.6) is 0 Å². The molecule has 1 saturated heterocycles. The van der Waals surface area contributed by atoms with Gasteiger partial charge in [-0.1, -0.05) is 0 Å². The molecule has 5 heteroatoms. The van der Waals surface area contributed by atoms with Crippen LogP contribution in [0, 0.1) is 23.2 Å². The van der Waals surface area contributed by atoms with Crippen LogP contribution in [0.15, 0.2) is 0 Å². The Kier molecular flexibility index (Phi) is 3.84. The first-order chi connectivity index (χ1) is 8.52. The zero-order valence-electron chi connectivity index (χ0n) is 10.4. The van der Waals surface area contributed by atoms with Crippen LogP contribution in [0.4, 0.5) is 8.78 Å². The number of alkyl halides is 2. The van der Waals surface area contributed by atoms with Gasteiger partial charge < -0.3 is 4.90 Å². The van der Waals surface area contributed by atoms with Gasteiger partial charge in [-0.05, 0) is 25.7 Å². The Labute approximate surface area is 106 Å². The van der Waals surface area contributed by atoms with Crippen molar-refractivity contribution in [2.75, 3.05) is 13.1 Å². The van der Waals surface area contributed by atoms with Crippen LogP contribution >= 0.6 is 0 Å². The van der Waals surface area contributed by atoms with Crippen molar-refractivity contribution in [1.29, 1.82) is 5.26 Å². The molecule has 0 bridgehead atoms. The first-order valence-corrected chi connectivity index (χ1v) is 6.58. The number of carbonyl (C=O) groups excluding carboxylic acids is 1. The third-order valence-corrected chi connectivity index (χ3v) is 4.06. The van der Waals surface area contributed by atoms with Gasteiger partial charge in [0, 0.05) is 37.8 Å². The van der Waals surface area contributed by atoms with Crippen LogP contribution in [0.1, 0.15) is 38.5 Å². The molecule has 1 saturated carbocycles. The van der Waals surface area contributed by atoms with E-state index >= 15 is 0 Å². The summed E-state index contributed by atoms with van der Waals surface area (Å²) in [5, 5.41) is 8.79. The second kappa shape index (κ2) is 5.21. The van der Waals surface area contributed by atoms with Crippen molar-refractivity contribution in [1.82, 2.24) is 4.90 Å². The van der Waals surface area contributed by atoms with E-state index in [9.17, 15) is 13.6 Å². The molecule has 1 heterocycles. The predicted octanol–water partition coefficient (Wildman–Crippen LogP) is 2.57. The quantitative estimate of drug-likeness (QED) is 0.723. The van der Waals surface area contributed by atoms with Gasteiger partial charge in [-0.2, -0.15) is 5.26 Å². The number of nitrogens with zero attached hydrogens (tertiary/aromatic N) is 2. The Morgan fingerprint density at radius 3 is 2.22 bits per heavy atom. The Morgan fingerprint density at radius 1 is 1.17 bits per heavy atom. The van der Waals surface area contributed by atoms with Crippen LogP contribution in [0.2, 0.25) is 0 Å². The summed E-state index contributed by atoms with van der Waals surface area (Å²) in [6, 6.07) is 2.22. The highest BCUT2D eigenvalue weighted by atomic mass is 19.3. The van der Waals surface area contributed by atoms with Crippen LogP contribution in [0.25, 0.3) is 0 Å². The lowest BCUT2D eigenvalue weighted by molar-refractivity contribution is -0.140. The maximum atomic E-state index is 13.0. The monoisotopic (exact) mass is 256 g/mol. The molecule has 100 valence electrons. The molecule has 0 N–H and O–H groups in total. The maximum Gasteiger partial charge on any atom is 0.248 e. The molecule has 2 aliphatic rings. The normalized spacial score (nSPS) is 25.7. The second-order valence-electron chi connectivity index (χ2n) is 5.36. The van der Waals surface area contributed by atoms with Crippen molar-refractivity contribution in [3.05, 3.63) is 0 Å². The summed E-state index contributed by atoms with van der Waals surface area (Å²) in [5.74, 6) is -2.75. The van der Waals surface area contributed by atoms with Crippen molar-refractivity contribution in [2.24, 2.45) is 11.8 Å². The van der Waals surface area contributed by atoms with E-state index in [4.69, 9.17) is 5.26 Å². The fraction of sp³-hybridized carbons (Fsp3) is 0.846. The van der Waals surface area contributed by atoms with Gasteiger partial charge in [-0.3, -0.25) is 4.79 Å². The topological polar surface area (TPSA) is 44.1 Å². The fourth-order valence-electron chi connectivity index (χ4n) is 2.77. The lowest BCUT2D eigenvalue weighted by atomic mass is 9.85. The molecule has 0 aromatic rings. The summed E-state index contributed by atoms with van der Waals surface area (Å²) in [4.78, 5) is 13.9.